The van der Waals surface area contributed by atoms with Crippen LogP contribution in [-0.4, -0.2) is 19.6 Å². The smallest absolute Gasteiger partial charge is 0.0625 e. The van der Waals surface area contributed by atoms with E-state index in [-0.39, 0.29) is 0 Å². The third-order valence-corrected chi connectivity index (χ3v) is 3.35. The van der Waals surface area contributed by atoms with Gasteiger partial charge in [-0.3, -0.25) is 9.36 Å². The highest BCUT2D eigenvalue weighted by Gasteiger charge is 2.05. The number of hydrogen-bond acceptors (Lipinski definition) is 3. The fraction of sp³-hybridized carbons (Fsp3) is 0.538. The molecule has 0 aliphatic rings. The molecule has 0 radical (unpaired) electrons. The lowest BCUT2D eigenvalue weighted by Gasteiger charge is -2.04. The Kier molecular flexibility index (Phi) is 3.81. The van der Waals surface area contributed by atoms with Crippen LogP contribution in [0.3, 0.4) is 0 Å². The Balaban J connectivity index is 1.92. The van der Waals surface area contributed by atoms with Gasteiger partial charge in [0.1, 0.15) is 0 Å². The molecule has 0 aliphatic heterocycles. The lowest BCUT2D eigenvalue weighted by molar-refractivity contribution is 0.621. The average Bonchev–Trinajstić information content (AvgIpc) is 2.87. The van der Waals surface area contributed by atoms with Crippen LogP contribution in [0, 0.1) is 6.92 Å². The molecule has 0 aliphatic carbocycles. The second-order valence-corrected chi connectivity index (χ2v) is 4.59. The first kappa shape index (κ1) is 12.8. The van der Waals surface area contributed by atoms with Crippen LogP contribution in [0.25, 0.3) is 0 Å². The second kappa shape index (κ2) is 5.35. The van der Waals surface area contributed by atoms with Crippen LogP contribution in [0.5, 0.6) is 0 Å². The summed E-state index contributed by atoms with van der Waals surface area (Å²) in [6.07, 6.45) is 2.90. The minimum atomic E-state index is 0.831. The van der Waals surface area contributed by atoms with Gasteiger partial charge in [-0.1, -0.05) is 6.92 Å². The molecule has 1 N–H and O–H groups in total. The number of hydrogen-bond donors (Lipinski definition) is 1. The fourth-order valence-corrected chi connectivity index (χ4v) is 1.95. The molecule has 0 saturated carbocycles. The number of aromatic nitrogens is 4. The lowest BCUT2D eigenvalue weighted by atomic mass is 10.2. The quantitative estimate of drug-likeness (QED) is 0.866. The molecule has 2 heterocycles. The molecule has 5 nitrogen and oxygen atoms in total. The summed E-state index contributed by atoms with van der Waals surface area (Å²) >= 11 is 0. The van der Waals surface area contributed by atoms with Crippen molar-refractivity contribution in [1.82, 2.24) is 24.9 Å². The van der Waals surface area contributed by atoms with E-state index in [4.69, 9.17) is 0 Å². The van der Waals surface area contributed by atoms with Crippen LogP contribution in [0.4, 0.5) is 0 Å². The molecule has 98 valence electrons. The zero-order chi connectivity index (χ0) is 13.1. The van der Waals surface area contributed by atoms with E-state index in [0.29, 0.717) is 0 Å². The van der Waals surface area contributed by atoms with Crippen molar-refractivity contribution >= 4 is 0 Å². The first-order valence-electron chi connectivity index (χ1n) is 6.31. The van der Waals surface area contributed by atoms with Gasteiger partial charge in [-0.05, 0) is 19.4 Å². The summed E-state index contributed by atoms with van der Waals surface area (Å²) in [5, 5.41) is 12.1. The van der Waals surface area contributed by atoms with E-state index < -0.39 is 0 Å². The predicted octanol–water partition coefficient (Wildman–Crippen LogP) is 1.31. The predicted molar refractivity (Wildman–Crippen MR) is 71.1 cm³/mol. The Hall–Kier alpha value is -1.62. The largest absolute Gasteiger partial charge is 0.307 e. The Morgan fingerprint density at radius 3 is 2.56 bits per heavy atom. The molecule has 0 spiro atoms. The molecule has 0 saturated heterocycles. The van der Waals surface area contributed by atoms with Gasteiger partial charge in [0.2, 0.25) is 0 Å². The summed E-state index contributed by atoms with van der Waals surface area (Å²) in [6, 6.07) is 2.16. The monoisotopic (exact) mass is 247 g/mol. The van der Waals surface area contributed by atoms with Crippen molar-refractivity contribution in [3.8, 4) is 0 Å². The van der Waals surface area contributed by atoms with Crippen LogP contribution >= 0.6 is 0 Å². The van der Waals surface area contributed by atoms with Gasteiger partial charge in [-0.2, -0.15) is 10.2 Å². The van der Waals surface area contributed by atoms with Crippen LogP contribution in [0.1, 0.15) is 29.6 Å². The first-order chi connectivity index (χ1) is 8.61. The molecule has 0 atom stereocenters. The Bertz CT molecular complexity index is 523. The molecule has 18 heavy (non-hydrogen) atoms. The van der Waals surface area contributed by atoms with Gasteiger partial charge in [0.25, 0.3) is 0 Å². The molecule has 2 aromatic rings. The third-order valence-electron chi connectivity index (χ3n) is 3.35. The van der Waals surface area contributed by atoms with Crippen molar-refractivity contribution < 1.29 is 0 Å². The zero-order valence-corrected chi connectivity index (χ0v) is 11.6. The molecule has 0 aromatic carbocycles. The van der Waals surface area contributed by atoms with E-state index in [1.165, 1.54) is 17.0 Å². The van der Waals surface area contributed by atoms with Crippen LogP contribution in [0.2, 0.25) is 0 Å². The number of nitrogens with one attached hydrogen (secondary N) is 1. The topological polar surface area (TPSA) is 47.7 Å². The van der Waals surface area contributed by atoms with Gasteiger partial charge in [0.05, 0.1) is 17.6 Å². The van der Waals surface area contributed by atoms with Crippen molar-refractivity contribution in [2.75, 3.05) is 0 Å². The minimum absolute atomic E-state index is 0.831. The molecular formula is C13H21N5. The summed E-state index contributed by atoms with van der Waals surface area (Å²) in [7, 11) is 3.96. The average molecular weight is 247 g/mol. The standard InChI is InChI=1S/C13H21N5/c1-5-12-6-13(18(4)16-12)9-14-7-11-8-15-17(3)10(11)2/h6,8,14H,5,7,9H2,1-4H3. The molecule has 0 unspecified atom stereocenters. The highest BCUT2D eigenvalue weighted by atomic mass is 15.3. The molecule has 0 bridgehead atoms. The summed E-state index contributed by atoms with van der Waals surface area (Å²) in [5.74, 6) is 0. The van der Waals surface area contributed by atoms with Gasteiger partial charge in [-0.25, -0.2) is 0 Å². The van der Waals surface area contributed by atoms with Crippen molar-refractivity contribution in [2.24, 2.45) is 14.1 Å². The summed E-state index contributed by atoms with van der Waals surface area (Å²) in [5.41, 5.74) is 4.82. The summed E-state index contributed by atoms with van der Waals surface area (Å²) in [4.78, 5) is 0. The van der Waals surface area contributed by atoms with Crippen LogP contribution in [-0.2, 0) is 33.6 Å². The van der Waals surface area contributed by atoms with E-state index in [1.807, 2.05) is 29.7 Å². The molecule has 0 fully saturated rings. The highest BCUT2D eigenvalue weighted by Crippen LogP contribution is 2.07. The second-order valence-electron chi connectivity index (χ2n) is 4.59. The summed E-state index contributed by atoms with van der Waals surface area (Å²) in [6.45, 7) is 5.88. The molecule has 2 rings (SSSR count). The van der Waals surface area contributed by atoms with Gasteiger partial charge < -0.3 is 5.32 Å². The van der Waals surface area contributed by atoms with E-state index in [2.05, 4.69) is 35.4 Å². The number of nitrogens with zero attached hydrogens (tertiary/aromatic N) is 4. The SMILES string of the molecule is CCc1cc(CNCc2cnn(C)c2C)n(C)n1. The maximum Gasteiger partial charge on any atom is 0.0625 e. The maximum atomic E-state index is 4.44. The van der Waals surface area contributed by atoms with Crippen molar-refractivity contribution in [3.63, 3.8) is 0 Å². The normalized spacial score (nSPS) is 11.1. The molecule has 2 aromatic heterocycles. The van der Waals surface area contributed by atoms with Gasteiger partial charge in [0, 0.05) is 38.4 Å². The maximum absolute atomic E-state index is 4.44. The third kappa shape index (κ3) is 2.61. The fourth-order valence-electron chi connectivity index (χ4n) is 1.95. The number of aryl methyl sites for hydroxylation is 3. The molecular weight excluding hydrogens is 226 g/mol. The van der Waals surface area contributed by atoms with Crippen molar-refractivity contribution in [2.45, 2.75) is 33.4 Å². The lowest BCUT2D eigenvalue weighted by Crippen LogP contribution is -2.15. The Morgan fingerprint density at radius 1 is 1.22 bits per heavy atom. The van der Waals surface area contributed by atoms with E-state index in [9.17, 15) is 0 Å². The molecule has 0 amide bonds. The van der Waals surface area contributed by atoms with E-state index >= 15 is 0 Å². The van der Waals surface area contributed by atoms with Gasteiger partial charge in [0.15, 0.2) is 0 Å². The molecule has 5 heteroatoms. The van der Waals surface area contributed by atoms with E-state index in [1.54, 1.807) is 0 Å². The highest BCUT2D eigenvalue weighted by molar-refractivity contribution is 5.16. The zero-order valence-electron chi connectivity index (χ0n) is 11.6. The van der Waals surface area contributed by atoms with Crippen LogP contribution < -0.4 is 5.32 Å². The Labute approximate surface area is 108 Å². The Morgan fingerprint density at radius 2 is 2.00 bits per heavy atom. The van der Waals surface area contributed by atoms with E-state index in [0.717, 1.165) is 25.2 Å². The number of rotatable bonds is 5. The van der Waals surface area contributed by atoms with Gasteiger partial charge in [-0.15, -0.1) is 0 Å². The van der Waals surface area contributed by atoms with Gasteiger partial charge >= 0.3 is 0 Å². The van der Waals surface area contributed by atoms with Crippen LogP contribution in [0.15, 0.2) is 12.3 Å². The first-order valence-corrected chi connectivity index (χ1v) is 6.31. The van der Waals surface area contributed by atoms with Crippen molar-refractivity contribution in [3.05, 3.63) is 34.9 Å². The summed E-state index contributed by atoms with van der Waals surface area (Å²) < 4.78 is 3.85. The minimum Gasteiger partial charge on any atom is -0.307 e. The van der Waals surface area contributed by atoms with Crippen molar-refractivity contribution in [1.29, 1.82) is 0 Å².